The molecular weight excluding hydrogens is 254 g/mol. The maximum absolute atomic E-state index is 11.4. The van der Waals surface area contributed by atoms with Crippen molar-refractivity contribution in [1.29, 1.82) is 0 Å². The van der Waals surface area contributed by atoms with Crippen LogP contribution in [0, 0.1) is 0 Å². The number of ether oxygens (including phenoxy) is 1. The average Bonchev–Trinajstić information content (AvgIpc) is 2.73. The van der Waals surface area contributed by atoms with Crippen LogP contribution in [0.2, 0.25) is 0 Å². The SMILES string of the molecule is CC(C)OCc1cc2cccc(C(=O)O)c2n1C(C)C. The van der Waals surface area contributed by atoms with Gasteiger partial charge in [0.2, 0.25) is 0 Å². The largest absolute Gasteiger partial charge is 0.478 e. The van der Waals surface area contributed by atoms with E-state index >= 15 is 0 Å². The summed E-state index contributed by atoms with van der Waals surface area (Å²) in [7, 11) is 0. The van der Waals surface area contributed by atoms with Crippen LogP contribution in [0.15, 0.2) is 24.3 Å². The Kier molecular flexibility index (Phi) is 4.14. The van der Waals surface area contributed by atoms with Gasteiger partial charge in [-0.25, -0.2) is 4.79 Å². The highest BCUT2D eigenvalue weighted by atomic mass is 16.5. The van der Waals surface area contributed by atoms with E-state index in [2.05, 4.69) is 18.4 Å². The molecule has 0 atom stereocenters. The van der Waals surface area contributed by atoms with Crippen LogP contribution in [0.5, 0.6) is 0 Å². The molecule has 0 aliphatic rings. The topological polar surface area (TPSA) is 51.5 Å². The molecular formula is C16H21NO3. The summed E-state index contributed by atoms with van der Waals surface area (Å²) >= 11 is 0. The molecule has 0 fully saturated rings. The van der Waals surface area contributed by atoms with Crippen molar-refractivity contribution < 1.29 is 14.6 Å². The van der Waals surface area contributed by atoms with Crippen molar-refractivity contribution in [1.82, 2.24) is 4.57 Å². The van der Waals surface area contributed by atoms with Crippen molar-refractivity contribution in [3.05, 3.63) is 35.5 Å². The third-order valence-electron chi connectivity index (χ3n) is 3.25. The first-order chi connectivity index (χ1) is 9.41. The second kappa shape index (κ2) is 5.67. The van der Waals surface area contributed by atoms with E-state index in [-0.39, 0.29) is 12.1 Å². The van der Waals surface area contributed by atoms with Gasteiger partial charge >= 0.3 is 5.97 Å². The quantitative estimate of drug-likeness (QED) is 0.901. The van der Waals surface area contributed by atoms with Gasteiger partial charge in [0.25, 0.3) is 0 Å². The molecule has 20 heavy (non-hydrogen) atoms. The maximum Gasteiger partial charge on any atom is 0.337 e. The third-order valence-corrected chi connectivity index (χ3v) is 3.25. The van der Waals surface area contributed by atoms with E-state index in [1.54, 1.807) is 12.1 Å². The van der Waals surface area contributed by atoms with Crippen LogP contribution in [0.1, 0.15) is 49.8 Å². The van der Waals surface area contributed by atoms with Gasteiger partial charge in [-0.15, -0.1) is 0 Å². The first-order valence-corrected chi connectivity index (χ1v) is 6.89. The minimum absolute atomic E-state index is 0.146. The summed E-state index contributed by atoms with van der Waals surface area (Å²) in [5.41, 5.74) is 2.13. The molecule has 0 spiro atoms. The number of hydrogen-bond donors (Lipinski definition) is 1. The van der Waals surface area contributed by atoms with Crippen LogP contribution in [0.25, 0.3) is 10.9 Å². The lowest BCUT2D eigenvalue weighted by molar-refractivity contribution is 0.0613. The Morgan fingerprint density at radius 2 is 2.00 bits per heavy atom. The summed E-state index contributed by atoms with van der Waals surface area (Å²) in [6, 6.07) is 7.57. The number of para-hydroxylation sites is 1. The molecule has 1 heterocycles. The molecule has 0 aliphatic heterocycles. The Bertz CT molecular complexity index is 626. The van der Waals surface area contributed by atoms with Crippen molar-refractivity contribution in [2.45, 2.75) is 46.4 Å². The van der Waals surface area contributed by atoms with E-state index in [1.807, 2.05) is 26.0 Å². The van der Waals surface area contributed by atoms with E-state index in [0.29, 0.717) is 12.2 Å². The lowest BCUT2D eigenvalue weighted by atomic mass is 10.1. The monoisotopic (exact) mass is 275 g/mol. The number of carboxylic acids is 1. The number of rotatable bonds is 5. The van der Waals surface area contributed by atoms with Crippen molar-refractivity contribution in [3.8, 4) is 0 Å². The number of aromatic carboxylic acids is 1. The van der Waals surface area contributed by atoms with Crippen LogP contribution in [-0.2, 0) is 11.3 Å². The molecule has 0 saturated heterocycles. The van der Waals surface area contributed by atoms with Gasteiger partial charge in [0.05, 0.1) is 23.8 Å². The molecule has 1 N–H and O–H groups in total. The van der Waals surface area contributed by atoms with Crippen LogP contribution in [-0.4, -0.2) is 21.7 Å². The van der Waals surface area contributed by atoms with Crippen molar-refractivity contribution in [2.24, 2.45) is 0 Å². The first-order valence-electron chi connectivity index (χ1n) is 6.89. The number of benzene rings is 1. The van der Waals surface area contributed by atoms with Gasteiger partial charge in [0.1, 0.15) is 0 Å². The number of aromatic nitrogens is 1. The van der Waals surface area contributed by atoms with Gasteiger partial charge in [-0.2, -0.15) is 0 Å². The third kappa shape index (κ3) is 2.70. The van der Waals surface area contributed by atoms with E-state index < -0.39 is 5.97 Å². The molecule has 0 bridgehead atoms. The Morgan fingerprint density at radius 3 is 2.55 bits per heavy atom. The maximum atomic E-state index is 11.4. The molecule has 0 saturated carbocycles. The standard InChI is InChI=1S/C16H21NO3/c1-10(2)17-13(9-20-11(3)4)8-12-6-5-7-14(15(12)17)16(18)19/h5-8,10-11H,9H2,1-4H3,(H,18,19). The van der Waals surface area contributed by atoms with E-state index in [9.17, 15) is 9.90 Å². The molecule has 4 nitrogen and oxygen atoms in total. The fraction of sp³-hybridized carbons (Fsp3) is 0.438. The molecule has 0 radical (unpaired) electrons. The molecule has 1 aromatic carbocycles. The molecule has 0 amide bonds. The summed E-state index contributed by atoms with van der Waals surface area (Å²) in [5, 5.41) is 10.3. The number of nitrogens with zero attached hydrogens (tertiary/aromatic N) is 1. The van der Waals surface area contributed by atoms with Gasteiger partial charge < -0.3 is 14.4 Å². The van der Waals surface area contributed by atoms with E-state index in [0.717, 1.165) is 16.6 Å². The first kappa shape index (κ1) is 14.6. The Balaban J connectivity index is 2.62. The van der Waals surface area contributed by atoms with Gasteiger partial charge in [-0.3, -0.25) is 0 Å². The van der Waals surface area contributed by atoms with Crippen LogP contribution in [0.4, 0.5) is 0 Å². The number of carboxylic acid groups (broad SMARTS) is 1. The smallest absolute Gasteiger partial charge is 0.337 e. The second-order valence-electron chi connectivity index (χ2n) is 5.51. The second-order valence-corrected chi connectivity index (χ2v) is 5.51. The van der Waals surface area contributed by atoms with Gasteiger partial charge in [0.15, 0.2) is 0 Å². The molecule has 0 aliphatic carbocycles. The number of hydrogen-bond acceptors (Lipinski definition) is 2. The molecule has 2 aromatic rings. The highest BCUT2D eigenvalue weighted by Crippen LogP contribution is 2.28. The fourth-order valence-electron chi connectivity index (χ4n) is 2.47. The molecule has 108 valence electrons. The van der Waals surface area contributed by atoms with Crippen molar-refractivity contribution >= 4 is 16.9 Å². The predicted octanol–water partition coefficient (Wildman–Crippen LogP) is 3.85. The normalized spacial score (nSPS) is 11.7. The van der Waals surface area contributed by atoms with Gasteiger partial charge in [0, 0.05) is 17.1 Å². The zero-order valence-corrected chi connectivity index (χ0v) is 12.4. The summed E-state index contributed by atoms with van der Waals surface area (Å²) in [5.74, 6) is -0.896. The molecule has 2 rings (SSSR count). The predicted molar refractivity (Wildman–Crippen MR) is 79.2 cm³/mol. The number of fused-ring (bicyclic) bond motifs is 1. The summed E-state index contributed by atoms with van der Waals surface area (Å²) in [4.78, 5) is 11.4. The highest BCUT2D eigenvalue weighted by molar-refractivity contribution is 6.02. The molecule has 1 aromatic heterocycles. The van der Waals surface area contributed by atoms with Crippen molar-refractivity contribution in [2.75, 3.05) is 0 Å². The van der Waals surface area contributed by atoms with E-state index in [4.69, 9.17) is 4.74 Å². The lowest BCUT2D eigenvalue weighted by Gasteiger charge is -2.17. The van der Waals surface area contributed by atoms with Gasteiger partial charge in [-0.05, 0) is 39.8 Å². The number of carbonyl (C=O) groups is 1. The molecule has 4 heteroatoms. The minimum atomic E-state index is -0.896. The van der Waals surface area contributed by atoms with Crippen LogP contribution >= 0.6 is 0 Å². The zero-order valence-electron chi connectivity index (χ0n) is 12.4. The molecule has 0 unspecified atom stereocenters. The van der Waals surface area contributed by atoms with Crippen LogP contribution in [0.3, 0.4) is 0 Å². The van der Waals surface area contributed by atoms with Crippen molar-refractivity contribution in [3.63, 3.8) is 0 Å². The summed E-state index contributed by atoms with van der Waals surface area (Å²) in [6.45, 7) is 8.58. The summed E-state index contributed by atoms with van der Waals surface area (Å²) < 4.78 is 7.74. The summed E-state index contributed by atoms with van der Waals surface area (Å²) in [6.07, 6.45) is 0.146. The highest BCUT2D eigenvalue weighted by Gasteiger charge is 2.18. The lowest BCUT2D eigenvalue weighted by Crippen LogP contribution is -2.11. The van der Waals surface area contributed by atoms with E-state index in [1.165, 1.54) is 0 Å². The van der Waals surface area contributed by atoms with Gasteiger partial charge in [-0.1, -0.05) is 12.1 Å². The fourth-order valence-corrected chi connectivity index (χ4v) is 2.47. The Labute approximate surface area is 119 Å². The average molecular weight is 275 g/mol. The zero-order chi connectivity index (χ0) is 14.9. The Morgan fingerprint density at radius 1 is 1.30 bits per heavy atom. The minimum Gasteiger partial charge on any atom is -0.478 e. The Hall–Kier alpha value is -1.81. The van der Waals surface area contributed by atoms with Crippen LogP contribution < -0.4 is 0 Å².